The van der Waals surface area contributed by atoms with Gasteiger partial charge in [-0.1, -0.05) is 48.0 Å². The number of para-hydroxylation sites is 1. The molecule has 0 spiro atoms. The Bertz CT molecular complexity index is 999. The van der Waals surface area contributed by atoms with E-state index in [0.29, 0.717) is 6.42 Å². The normalized spacial score (nSPS) is 15.8. The van der Waals surface area contributed by atoms with Crippen LogP contribution in [0.25, 0.3) is 10.9 Å². The van der Waals surface area contributed by atoms with E-state index in [2.05, 4.69) is 78.5 Å². The van der Waals surface area contributed by atoms with E-state index >= 15 is 0 Å². The molecule has 2 heterocycles. The van der Waals surface area contributed by atoms with Crippen LogP contribution in [0.1, 0.15) is 55.2 Å². The highest BCUT2D eigenvalue weighted by Crippen LogP contribution is 2.35. The zero-order valence-electron chi connectivity index (χ0n) is 19.0. The van der Waals surface area contributed by atoms with Crippen molar-refractivity contribution >= 4 is 16.8 Å². The number of benzene rings is 2. The van der Waals surface area contributed by atoms with Crippen LogP contribution in [-0.4, -0.2) is 36.7 Å². The first kappa shape index (κ1) is 21.6. The lowest BCUT2D eigenvalue weighted by Crippen LogP contribution is -3.13. The standard InChI is InChI=1S/C27H35N3O/c1-3-30-20-25(23-9-5-6-10-26(23)30)24(22-13-11-21(2)12-14-22)19-27(31)28-15-18-29-16-7-4-8-17-29/h5-6,9-14,20,24H,3-4,7-8,15-19H2,1-2H3,(H,28,31)/p+1/t24-/m0/s1. The van der Waals surface area contributed by atoms with Crippen LogP contribution < -0.4 is 10.2 Å². The van der Waals surface area contributed by atoms with Gasteiger partial charge in [-0.2, -0.15) is 0 Å². The molecule has 0 aliphatic carbocycles. The van der Waals surface area contributed by atoms with Crippen molar-refractivity contribution in [2.24, 2.45) is 0 Å². The van der Waals surface area contributed by atoms with Gasteiger partial charge < -0.3 is 14.8 Å². The van der Waals surface area contributed by atoms with Crippen LogP contribution in [0.15, 0.2) is 54.7 Å². The first-order valence-corrected chi connectivity index (χ1v) is 11.9. The lowest BCUT2D eigenvalue weighted by atomic mass is 9.87. The molecular formula is C27H36N3O+. The number of nitrogens with zero attached hydrogens (tertiary/aromatic N) is 1. The average Bonchev–Trinajstić information content (AvgIpc) is 3.17. The zero-order chi connectivity index (χ0) is 21.6. The Morgan fingerprint density at radius 3 is 2.55 bits per heavy atom. The number of carbonyl (C=O) groups is 1. The van der Waals surface area contributed by atoms with E-state index in [1.165, 1.54) is 59.9 Å². The van der Waals surface area contributed by atoms with E-state index in [0.717, 1.165) is 19.6 Å². The Balaban J connectivity index is 1.54. The number of aromatic nitrogens is 1. The van der Waals surface area contributed by atoms with Gasteiger partial charge in [-0.25, -0.2) is 0 Å². The fraction of sp³-hybridized carbons (Fsp3) is 0.444. The number of rotatable bonds is 8. The predicted octanol–water partition coefficient (Wildman–Crippen LogP) is 3.68. The molecule has 1 fully saturated rings. The molecule has 4 heteroatoms. The van der Waals surface area contributed by atoms with Gasteiger partial charge in [0.2, 0.25) is 5.91 Å². The molecule has 4 nitrogen and oxygen atoms in total. The number of hydrogen-bond acceptors (Lipinski definition) is 1. The summed E-state index contributed by atoms with van der Waals surface area (Å²) in [4.78, 5) is 14.6. The molecule has 0 bridgehead atoms. The fourth-order valence-electron chi connectivity index (χ4n) is 4.96. The van der Waals surface area contributed by atoms with Gasteiger partial charge in [0, 0.05) is 36.0 Å². The zero-order valence-corrected chi connectivity index (χ0v) is 19.0. The van der Waals surface area contributed by atoms with Crippen LogP contribution >= 0.6 is 0 Å². The van der Waals surface area contributed by atoms with Gasteiger partial charge in [-0.05, 0) is 50.3 Å². The van der Waals surface area contributed by atoms with E-state index < -0.39 is 0 Å². The maximum atomic E-state index is 13.0. The minimum atomic E-state index is 0.0561. The van der Waals surface area contributed by atoms with Gasteiger partial charge >= 0.3 is 0 Å². The highest BCUT2D eigenvalue weighted by atomic mass is 16.1. The molecule has 1 aromatic heterocycles. The summed E-state index contributed by atoms with van der Waals surface area (Å²) in [6.45, 7) is 9.51. The topological polar surface area (TPSA) is 38.5 Å². The average molecular weight is 419 g/mol. The summed E-state index contributed by atoms with van der Waals surface area (Å²) in [5.74, 6) is 0.205. The number of amides is 1. The largest absolute Gasteiger partial charge is 0.350 e. The number of aryl methyl sites for hydroxylation is 2. The second-order valence-electron chi connectivity index (χ2n) is 8.97. The summed E-state index contributed by atoms with van der Waals surface area (Å²) >= 11 is 0. The minimum Gasteiger partial charge on any atom is -0.350 e. The number of quaternary nitrogens is 1. The second kappa shape index (κ2) is 10.1. The predicted molar refractivity (Wildman–Crippen MR) is 128 cm³/mol. The van der Waals surface area contributed by atoms with Crippen molar-refractivity contribution in [1.82, 2.24) is 9.88 Å². The van der Waals surface area contributed by atoms with Crippen molar-refractivity contribution in [3.63, 3.8) is 0 Å². The molecule has 3 aromatic rings. The van der Waals surface area contributed by atoms with Crippen LogP contribution in [0.2, 0.25) is 0 Å². The third-order valence-electron chi connectivity index (χ3n) is 6.77. The van der Waals surface area contributed by atoms with Crippen molar-refractivity contribution < 1.29 is 9.69 Å². The summed E-state index contributed by atoms with van der Waals surface area (Å²) in [6, 6.07) is 17.2. The number of likely N-dealkylation sites (tertiary alicyclic amines) is 1. The highest BCUT2D eigenvalue weighted by Gasteiger charge is 2.23. The third-order valence-corrected chi connectivity index (χ3v) is 6.77. The molecule has 31 heavy (non-hydrogen) atoms. The minimum absolute atomic E-state index is 0.0561. The first-order valence-electron chi connectivity index (χ1n) is 11.9. The lowest BCUT2D eigenvalue weighted by molar-refractivity contribution is -0.903. The quantitative estimate of drug-likeness (QED) is 0.576. The Morgan fingerprint density at radius 1 is 1.06 bits per heavy atom. The maximum Gasteiger partial charge on any atom is 0.221 e. The second-order valence-corrected chi connectivity index (χ2v) is 8.97. The smallest absolute Gasteiger partial charge is 0.221 e. The Labute approximate surface area is 186 Å². The highest BCUT2D eigenvalue weighted by molar-refractivity contribution is 5.86. The molecule has 4 rings (SSSR count). The lowest BCUT2D eigenvalue weighted by Gasteiger charge is -2.23. The molecule has 1 atom stereocenters. The van der Waals surface area contributed by atoms with E-state index in [9.17, 15) is 4.79 Å². The van der Waals surface area contributed by atoms with Gasteiger partial charge in [0.15, 0.2) is 0 Å². The summed E-state index contributed by atoms with van der Waals surface area (Å²) in [5.41, 5.74) is 4.94. The number of piperidine rings is 1. The molecule has 1 aliphatic heterocycles. The molecular weight excluding hydrogens is 382 g/mol. The Kier molecular flexibility index (Phi) is 7.08. The third kappa shape index (κ3) is 5.19. The molecule has 1 aliphatic rings. The SMILES string of the molecule is CCn1cc([C@@H](CC(=O)NCC[NH+]2CCCCC2)c2ccc(C)cc2)c2ccccc21. The van der Waals surface area contributed by atoms with Gasteiger partial charge in [-0.15, -0.1) is 0 Å². The summed E-state index contributed by atoms with van der Waals surface area (Å²) < 4.78 is 2.30. The van der Waals surface area contributed by atoms with Gasteiger partial charge in [-0.3, -0.25) is 4.79 Å². The summed E-state index contributed by atoms with van der Waals surface area (Å²) in [6.07, 6.45) is 6.73. The summed E-state index contributed by atoms with van der Waals surface area (Å²) in [5, 5.41) is 4.46. The van der Waals surface area contributed by atoms with E-state index in [4.69, 9.17) is 0 Å². The van der Waals surface area contributed by atoms with E-state index in [1.54, 1.807) is 4.90 Å². The van der Waals surface area contributed by atoms with Crippen LogP contribution in [0.3, 0.4) is 0 Å². The van der Waals surface area contributed by atoms with Crippen molar-refractivity contribution in [1.29, 1.82) is 0 Å². The molecule has 1 saturated heterocycles. The van der Waals surface area contributed by atoms with Crippen molar-refractivity contribution in [3.8, 4) is 0 Å². The molecule has 0 radical (unpaired) electrons. The van der Waals surface area contributed by atoms with E-state index in [-0.39, 0.29) is 11.8 Å². The van der Waals surface area contributed by atoms with Crippen LogP contribution in [-0.2, 0) is 11.3 Å². The first-order chi connectivity index (χ1) is 15.2. The van der Waals surface area contributed by atoms with E-state index in [1.807, 2.05) is 0 Å². The van der Waals surface area contributed by atoms with Crippen molar-refractivity contribution in [2.75, 3.05) is 26.2 Å². The molecule has 2 aromatic carbocycles. The van der Waals surface area contributed by atoms with Crippen molar-refractivity contribution in [2.45, 2.75) is 52.0 Å². The van der Waals surface area contributed by atoms with Crippen LogP contribution in [0.5, 0.6) is 0 Å². The summed E-state index contributed by atoms with van der Waals surface area (Å²) in [7, 11) is 0. The van der Waals surface area contributed by atoms with Crippen molar-refractivity contribution in [3.05, 3.63) is 71.4 Å². The Hall–Kier alpha value is -2.59. The number of nitrogens with one attached hydrogen (secondary N) is 2. The molecule has 0 saturated carbocycles. The molecule has 1 amide bonds. The number of carbonyl (C=O) groups excluding carboxylic acids is 1. The molecule has 2 N–H and O–H groups in total. The van der Waals surface area contributed by atoms with Crippen LogP contribution in [0, 0.1) is 6.92 Å². The number of hydrogen-bond donors (Lipinski definition) is 2. The van der Waals surface area contributed by atoms with Gasteiger partial charge in [0.25, 0.3) is 0 Å². The molecule has 0 unspecified atom stereocenters. The number of fused-ring (bicyclic) bond motifs is 1. The monoisotopic (exact) mass is 418 g/mol. The fourth-order valence-corrected chi connectivity index (χ4v) is 4.96. The Morgan fingerprint density at radius 2 is 1.81 bits per heavy atom. The van der Waals surface area contributed by atoms with Gasteiger partial charge in [0.1, 0.15) is 0 Å². The van der Waals surface area contributed by atoms with Crippen LogP contribution in [0.4, 0.5) is 0 Å². The van der Waals surface area contributed by atoms with Gasteiger partial charge in [0.05, 0.1) is 26.2 Å². The maximum absolute atomic E-state index is 13.0. The molecule has 164 valence electrons.